The average molecular weight is 183 g/mol. The van der Waals surface area contributed by atoms with Crippen LogP contribution in [0.2, 0.25) is 0 Å². The third kappa shape index (κ3) is 1.54. The monoisotopic (exact) mass is 183 g/mol. The van der Waals surface area contributed by atoms with E-state index in [2.05, 4.69) is 36.9 Å². The van der Waals surface area contributed by atoms with E-state index in [0.717, 1.165) is 11.1 Å². The summed E-state index contributed by atoms with van der Waals surface area (Å²) in [7, 11) is 0. The molecule has 0 amide bonds. The fourth-order valence-electron chi connectivity index (χ4n) is 1.53. The molecular weight excluding hydrogens is 170 g/mol. The van der Waals surface area contributed by atoms with E-state index in [-0.39, 0.29) is 0 Å². The summed E-state index contributed by atoms with van der Waals surface area (Å²) < 4.78 is 0. The minimum Gasteiger partial charge on any atom is -0.326 e. The molecule has 0 aliphatic heterocycles. The predicted molar refractivity (Wildman–Crippen MR) is 62.0 cm³/mol. The van der Waals surface area contributed by atoms with E-state index >= 15 is 0 Å². The van der Waals surface area contributed by atoms with Crippen LogP contribution in [0, 0.1) is 0 Å². The van der Waals surface area contributed by atoms with Gasteiger partial charge in [0.05, 0.1) is 0 Å². The van der Waals surface area contributed by atoms with Crippen LogP contribution in [-0.2, 0) is 0 Å². The minimum atomic E-state index is 0.512. The molecule has 70 valence electrons. The number of fused-ring (bicyclic) bond motifs is 1. The molecule has 1 heteroatoms. The fraction of sp³-hybridized carbons (Fsp3) is 0.0769. The van der Waals surface area contributed by atoms with Gasteiger partial charge in [-0.25, -0.2) is 0 Å². The normalized spacial score (nSPS) is 10.4. The molecule has 0 radical (unpaired) electrons. The summed E-state index contributed by atoms with van der Waals surface area (Å²) in [5.74, 6) is 0. The minimum absolute atomic E-state index is 0.512. The highest BCUT2D eigenvalue weighted by Crippen LogP contribution is 2.19. The lowest BCUT2D eigenvalue weighted by atomic mass is 10.0. The lowest BCUT2D eigenvalue weighted by molar-refractivity contribution is 1.27. The van der Waals surface area contributed by atoms with Gasteiger partial charge in [-0.1, -0.05) is 43.0 Å². The molecule has 0 atom stereocenters. The third-order valence-electron chi connectivity index (χ3n) is 2.40. The Kier molecular flexibility index (Phi) is 2.33. The topological polar surface area (TPSA) is 26.0 Å². The molecule has 0 aromatic heterocycles. The molecule has 0 fully saturated rings. The Morgan fingerprint density at radius 3 is 2.50 bits per heavy atom. The molecule has 0 aliphatic carbocycles. The Bertz CT molecular complexity index is 471. The van der Waals surface area contributed by atoms with Gasteiger partial charge in [-0.2, -0.15) is 0 Å². The van der Waals surface area contributed by atoms with Gasteiger partial charge in [-0.05, 0) is 28.0 Å². The molecular formula is C13H13N. The van der Waals surface area contributed by atoms with Crippen LogP contribution < -0.4 is 5.73 Å². The SMILES string of the molecule is C=C(CN)c1ccc2ccccc2c1. The van der Waals surface area contributed by atoms with Crippen molar-refractivity contribution in [1.82, 2.24) is 0 Å². The van der Waals surface area contributed by atoms with Crippen molar-refractivity contribution in [3.05, 3.63) is 54.6 Å². The second-order valence-electron chi connectivity index (χ2n) is 3.37. The highest BCUT2D eigenvalue weighted by atomic mass is 14.5. The Morgan fingerprint density at radius 1 is 1.07 bits per heavy atom. The number of hydrogen-bond donors (Lipinski definition) is 1. The van der Waals surface area contributed by atoms with E-state index in [9.17, 15) is 0 Å². The molecule has 2 rings (SSSR count). The predicted octanol–water partition coefficient (Wildman–Crippen LogP) is 2.81. The van der Waals surface area contributed by atoms with Crippen molar-refractivity contribution < 1.29 is 0 Å². The Hall–Kier alpha value is -1.60. The highest BCUT2D eigenvalue weighted by Gasteiger charge is 1.97. The molecule has 0 aliphatic rings. The number of rotatable bonds is 2. The molecule has 14 heavy (non-hydrogen) atoms. The summed E-state index contributed by atoms with van der Waals surface area (Å²) in [6.45, 7) is 4.44. The van der Waals surface area contributed by atoms with Crippen molar-refractivity contribution >= 4 is 16.3 Å². The zero-order valence-electron chi connectivity index (χ0n) is 8.03. The van der Waals surface area contributed by atoms with Gasteiger partial charge in [0.2, 0.25) is 0 Å². The lowest BCUT2D eigenvalue weighted by Gasteiger charge is -2.04. The van der Waals surface area contributed by atoms with Crippen molar-refractivity contribution in [3.8, 4) is 0 Å². The first-order chi connectivity index (χ1) is 6.81. The van der Waals surface area contributed by atoms with Gasteiger partial charge in [0.15, 0.2) is 0 Å². The number of hydrogen-bond acceptors (Lipinski definition) is 1. The molecule has 2 N–H and O–H groups in total. The summed E-state index contributed by atoms with van der Waals surface area (Å²) >= 11 is 0. The first-order valence-electron chi connectivity index (χ1n) is 4.68. The van der Waals surface area contributed by atoms with Crippen LogP contribution in [0.5, 0.6) is 0 Å². The van der Waals surface area contributed by atoms with E-state index in [4.69, 9.17) is 5.73 Å². The summed E-state index contributed by atoms with van der Waals surface area (Å²) in [6.07, 6.45) is 0. The molecule has 0 spiro atoms. The number of nitrogens with two attached hydrogens (primary N) is 1. The molecule has 0 unspecified atom stereocenters. The largest absolute Gasteiger partial charge is 0.326 e. The number of benzene rings is 2. The average Bonchev–Trinajstić information content (AvgIpc) is 2.27. The first-order valence-corrected chi connectivity index (χ1v) is 4.68. The Labute approximate surface area is 83.9 Å². The van der Waals surface area contributed by atoms with Crippen molar-refractivity contribution in [2.24, 2.45) is 5.73 Å². The van der Waals surface area contributed by atoms with E-state index in [1.165, 1.54) is 10.8 Å². The maximum Gasteiger partial charge on any atom is 0.0178 e. The quantitative estimate of drug-likeness (QED) is 0.761. The van der Waals surface area contributed by atoms with Crippen molar-refractivity contribution in [3.63, 3.8) is 0 Å². The zero-order chi connectivity index (χ0) is 9.97. The van der Waals surface area contributed by atoms with Crippen LogP contribution in [0.25, 0.3) is 16.3 Å². The smallest absolute Gasteiger partial charge is 0.0178 e. The second-order valence-corrected chi connectivity index (χ2v) is 3.37. The summed E-state index contributed by atoms with van der Waals surface area (Å²) in [4.78, 5) is 0. The van der Waals surface area contributed by atoms with Gasteiger partial charge in [-0.15, -0.1) is 0 Å². The van der Waals surface area contributed by atoms with Crippen LogP contribution in [0.4, 0.5) is 0 Å². The zero-order valence-corrected chi connectivity index (χ0v) is 8.03. The van der Waals surface area contributed by atoms with Crippen molar-refractivity contribution in [2.45, 2.75) is 0 Å². The maximum absolute atomic E-state index is 5.55. The maximum atomic E-state index is 5.55. The Balaban J connectivity index is 2.56. The second kappa shape index (κ2) is 3.64. The van der Waals surface area contributed by atoms with Gasteiger partial charge in [0.1, 0.15) is 0 Å². The molecule has 0 heterocycles. The van der Waals surface area contributed by atoms with Gasteiger partial charge in [-0.3, -0.25) is 0 Å². The van der Waals surface area contributed by atoms with Gasteiger partial charge in [0, 0.05) is 6.54 Å². The van der Waals surface area contributed by atoms with Crippen LogP contribution in [0.15, 0.2) is 49.0 Å². The van der Waals surface area contributed by atoms with Gasteiger partial charge >= 0.3 is 0 Å². The summed E-state index contributed by atoms with van der Waals surface area (Å²) in [5, 5.41) is 2.49. The lowest BCUT2D eigenvalue weighted by Crippen LogP contribution is -2.00. The van der Waals surface area contributed by atoms with Crippen LogP contribution in [0.1, 0.15) is 5.56 Å². The van der Waals surface area contributed by atoms with Crippen molar-refractivity contribution in [1.29, 1.82) is 0 Å². The molecule has 1 nitrogen and oxygen atoms in total. The van der Waals surface area contributed by atoms with E-state index in [0.29, 0.717) is 6.54 Å². The van der Waals surface area contributed by atoms with E-state index in [1.54, 1.807) is 0 Å². The molecule has 2 aromatic rings. The van der Waals surface area contributed by atoms with E-state index < -0.39 is 0 Å². The van der Waals surface area contributed by atoms with Gasteiger partial charge in [0.25, 0.3) is 0 Å². The van der Waals surface area contributed by atoms with Crippen LogP contribution >= 0.6 is 0 Å². The first kappa shape index (κ1) is 8.97. The third-order valence-corrected chi connectivity index (χ3v) is 2.40. The Morgan fingerprint density at radius 2 is 1.79 bits per heavy atom. The van der Waals surface area contributed by atoms with E-state index in [1.807, 2.05) is 12.1 Å². The van der Waals surface area contributed by atoms with Gasteiger partial charge < -0.3 is 5.73 Å². The van der Waals surface area contributed by atoms with Crippen molar-refractivity contribution in [2.75, 3.05) is 6.54 Å². The molecule has 0 saturated carbocycles. The summed E-state index contributed by atoms with van der Waals surface area (Å²) in [5.41, 5.74) is 7.66. The van der Waals surface area contributed by atoms with Crippen LogP contribution in [-0.4, -0.2) is 6.54 Å². The fourth-order valence-corrected chi connectivity index (χ4v) is 1.53. The highest BCUT2D eigenvalue weighted by molar-refractivity contribution is 5.86. The summed E-state index contributed by atoms with van der Waals surface area (Å²) in [6, 6.07) is 14.6. The molecule has 0 bridgehead atoms. The molecule has 2 aromatic carbocycles. The molecule has 0 saturated heterocycles. The standard InChI is InChI=1S/C13H13N/c1-10(9-14)12-7-6-11-4-2-3-5-13(11)8-12/h2-8H,1,9,14H2. The van der Waals surface area contributed by atoms with Crippen LogP contribution in [0.3, 0.4) is 0 Å².